The molecule has 2 aromatic rings. The Hall–Kier alpha value is -1.00. The Kier molecular flexibility index (Phi) is 4.55. The maximum absolute atomic E-state index is 3.64. The molecule has 0 saturated carbocycles. The van der Waals surface area contributed by atoms with E-state index < -0.39 is 0 Å². The lowest BCUT2D eigenvalue weighted by atomic mass is 9.99. The lowest BCUT2D eigenvalue weighted by molar-refractivity contribution is 0.825. The summed E-state index contributed by atoms with van der Waals surface area (Å²) >= 11 is 7.28. The summed E-state index contributed by atoms with van der Waals surface area (Å²) in [6.45, 7) is 3.98. The summed E-state index contributed by atoms with van der Waals surface area (Å²) in [6, 6.07) is 10.8. The van der Waals surface area contributed by atoms with E-state index in [1.807, 2.05) is 0 Å². The highest BCUT2D eigenvalue weighted by Crippen LogP contribution is 2.33. The van der Waals surface area contributed by atoms with E-state index in [0.29, 0.717) is 0 Å². The smallest absolute Gasteiger partial charge is 0.0631 e. The van der Waals surface area contributed by atoms with Gasteiger partial charge in [-0.2, -0.15) is 0 Å². The van der Waals surface area contributed by atoms with Crippen molar-refractivity contribution < 1.29 is 0 Å². The minimum atomic E-state index is 0.816. The van der Waals surface area contributed by atoms with Crippen molar-refractivity contribution in [3.05, 3.63) is 56.0 Å². The van der Waals surface area contributed by atoms with Gasteiger partial charge in [0.2, 0.25) is 0 Å². The summed E-state index contributed by atoms with van der Waals surface area (Å²) in [5.74, 6) is 0. The molecule has 1 heterocycles. The molecular formula is C17H18Br2N2. The molecule has 0 aromatic heterocycles. The van der Waals surface area contributed by atoms with Crippen molar-refractivity contribution in [1.82, 2.24) is 0 Å². The second-order valence-corrected chi connectivity index (χ2v) is 7.15. The number of hydrogen-bond donors (Lipinski definition) is 2. The first-order valence-electron chi connectivity index (χ1n) is 7.19. The molecule has 0 radical (unpaired) electrons. The summed E-state index contributed by atoms with van der Waals surface area (Å²) in [4.78, 5) is 0. The molecule has 1 aliphatic heterocycles. The Labute approximate surface area is 142 Å². The number of para-hydroxylation sites is 1. The average Bonchev–Trinajstić information content (AvgIpc) is 2.46. The maximum Gasteiger partial charge on any atom is 0.0631 e. The summed E-state index contributed by atoms with van der Waals surface area (Å²) < 4.78 is 2.18. The Morgan fingerprint density at radius 2 is 1.95 bits per heavy atom. The van der Waals surface area contributed by atoms with Crippen LogP contribution < -0.4 is 10.6 Å². The van der Waals surface area contributed by atoms with Gasteiger partial charge in [0.1, 0.15) is 0 Å². The molecule has 0 amide bonds. The lowest BCUT2D eigenvalue weighted by Gasteiger charge is -2.22. The van der Waals surface area contributed by atoms with Crippen molar-refractivity contribution in [2.24, 2.45) is 0 Å². The number of nitrogens with one attached hydrogen (secondary N) is 2. The fourth-order valence-electron chi connectivity index (χ4n) is 2.78. The monoisotopic (exact) mass is 408 g/mol. The molecule has 0 aliphatic carbocycles. The molecule has 0 spiro atoms. The van der Waals surface area contributed by atoms with Crippen molar-refractivity contribution in [2.75, 3.05) is 17.2 Å². The van der Waals surface area contributed by atoms with Crippen LogP contribution in [-0.4, -0.2) is 6.54 Å². The predicted molar refractivity (Wildman–Crippen MR) is 97.2 cm³/mol. The zero-order valence-corrected chi connectivity index (χ0v) is 15.1. The topological polar surface area (TPSA) is 24.1 Å². The first-order valence-corrected chi connectivity index (χ1v) is 8.78. The van der Waals surface area contributed by atoms with Gasteiger partial charge in [-0.1, -0.05) is 18.2 Å². The highest BCUT2D eigenvalue weighted by atomic mass is 79.9. The Bertz CT molecular complexity index is 645. The van der Waals surface area contributed by atoms with Gasteiger partial charge in [-0.3, -0.25) is 0 Å². The van der Waals surface area contributed by atoms with E-state index in [9.17, 15) is 0 Å². The summed E-state index contributed by atoms with van der Waals surface area (Å²) in [6.07, 6.45) is 2.40. The van der Waals surface area contributed by atoms with Crippen LogP contribution in [0.4, 0.5) is 11.4 Å². The lowest BCUT2D eigenvalue weighted by Crippen LogP contribution is -2.15. The molecular weight excluding hydrogens is 392 g/mol. The van der Waals surface area contributed by atoms with Gasteiger partial charge in [-0.15, -0.1) is 0 Å². The second-order valence-electron chi connectivity index (χ2n) is 5.44. The predicted octanol–water partition coefficient (Wildman–Crippen LogP) is 5.49. The zero-order chi connectivity index (χ0) is 14.8. The van der Waals surface area contributed by atoms with Gasteiger partial charge in [0.25, 0.3) is 0 Å². The number of anilines is 2. The van der Waals surface area contributed by atoms with Crippen molar-refractivity contribution in [2.45, 2.75) is 26.3 Å². The third-order valence-electron chi connectivity index (χ3n) is 3.80. The molecule has 21 heavy (non-hydrogen) atoms. The van der Waals surface area contributed by atoms with E-state index in [1.165, 1.54) is 35.2 Å². The van der Waals surface area contributed by atoms with Crippen LogP contribution >= 0.6 is 31.9 Å². The third kappa shape index (κ3) is 3.27. The molecule has 4 heteroatoms. The molecule has 110 valence electrons. The number of halogens is 2. The van der Waals surface area contributed by atoms with E-state index in [0.717, 1.165) is 27.7 Å². The van der Waals surface area contributed by atoms with Gasteiger partial charge in [-0.05, 0) is 80.4 Å². The largest absolute Gasteiger partial charge is 0.385 e. The fourth-order valence-corrected chi connectivity index (χ4v) is 4.48. The Morgan fingerprint density at radius 1 is 1.19 bits per heavy atom. The van der Waals surface area contributed by atoms with Gasteiger partial charge in [0.05, 0.1) is 5.69 Å². The number of rotatable bonds is 3. The molecule has 0 saturated heterocycles. The van der Waals surface area contributed by atoms with Gasteiger partial charge < -0.3 is 10.6 Å². The zero-order valence-electron chi connectivity index (χ0n) is 12.0. The minimum Gasteiger partial charge on any atom is -0.385 e. The molecule has 0 bridgehead atoms. The fraction of sp³-hybridized carbons (Fsp3) is 0.294. The quantitative estimate of drug-likeness (QED) is 0.700. The van der Waals surface area contributed by atoms with Crippen LogP contribution in [0.2, 0.25) is 0 Å². The number of fused-ring (bicyclic) bond motifs is 1. The van der Waals surface area contributed by atoms with Crippen LogP contribution in [0.1, 0.15) is 23.1 Å². The molecule has 2 N–H and O–H groups in total. The van der Waals surface area contributed by atoms with Crippen LogP contribution in [0.5, 0.6) is 0 Å². The summed E-state index contributed by atoms with van der Waals surface area (Å²) in [5, 5.41) is 7.08. The molecule has 0 atom stereocenters. The Balaban J connectivity index is 1.83. The van der Waals surface area contributed by atoms with E-state index in [1.54, 1.807) is 0 Å². The van der Waals surface area contributed by atoms with Crippen LogP contribution in [-0.2, 0) is 13.0 Å². The van der Waals surface area contributed by atoms with Crippen molar-refractivity contribution in [1.29, 1.82) is 0 Å². The van der Waals surface area contributed by atoms with Gasteiger partial charge >= 0.3 is 0 Å². The van der Waals surface area contributed by atoms with Crippen molar-refractivity contribution in [3.63, 3.8) is 0 Å². The van der Waals surface area contributed by atoms with Crippen LogP contribution in [0, 0.1) is 6.92 Å². The molecule has 0 unspecified atom stereocenters. The van der Waals surface area contributed by atoms with E-state index >= 15 is 0 Å². The molecule has 3 rings (SSSR count). The Morgan fingerprint density at radius 3 is 2.71 bits per heavy atom. The van der Waals surface area contributed by atoms with Gasteiger partial charge in [-0.25, -0.2) is 0 Å². The van der Waals surface area contributed by atoms with E-state index in [2.05, 4.69) is 79.7 Å². The third-order valence-corrected chi connectivity index (χ3v) is 5.05. The molecule has 2 nitrogen and oxygen atoms in total. The highest BCUT2D eigenvalue weighted by molar-refractivity contribution is 9.11. The number of benzene rings is 2. The van der Waals surface area contributed by atoms with Crippen LogP contribution in [0.15, 0.2) is 39.3 Å². The second kappa shape index (κ2) is 6.41. The molecule has 2 aromatic carbocycles. The number of aryl methyl sites for hydroxylation is 2. The first-order chi connectivity index (χ1) is 10.1. The normalized spacial score (nSPS) is 13.5. The SMILES string of the molecule is Cc1cc(Br)c(NCc2cccc3c2NCCC3)c(Br)c1. The van der Waals surface area contributed by atoms with Gasteiger partial charge in [0, 0.05) is 27.7 Å². The molecule has 1 aliphatic rings. The van der Waals surface area contributed by atoms with Crippen LogP contribution in [0.3, 0.4) is 0 Å². The standard InChI is InChI=1S/C17H18Br2N2/c1-11-8-14(18)17(15(19)9-11)21-10-13-5-2-4-12-6-3-7-20-16(12)13/h2,4-5,8-9,20-21H,3,6-7,10H2,1H3. The van der Waals surface area contributed by atoms with E-state index in [-0.39, 0.29) is 0 Å². The number of hydrogen-bond acceptors (Lipinski definition) is 2. The maximum atomic E-state index is 3.64. The molecule has 0 fully saturated rings. The van der Waals surface area contributed by atoms with Crippen molar-refractivity contribution in [3.8, 4) is 0 Å². The minimum absolute atomic E-state index is 0.816. The van der Waals surface area contributed by atoms with Gasteiger partial charge in [0.15, 0.2) is 0 Å². The van der Waals surface area contributed by atoms with E-state index in [4.69, 9.17) is 0 Å². The van der Waals surface area contributed by atoms with Crippen molar-refractivity contribution >= 4 is 43.2 Å². The summed E-state index contributed by atoms with van der Waals surface area (Å²) in [5.41, 5.74) is 6.41. The average molecular weight is 410 g/mol. The van der Waals surface area contributed by atoms with Crippen LogP contribution in [0.25, 0.3) is 0 Å². The highest BCUT2D eigenvalue weighted by Gasteiger charge is 2.13. The summed E-state index contributed by atoms with van der Waals surface area (Å²) in [7, 11) is 0. The first kappa shape index (κ1) is 14.9.